The molecule has 1 heterocycles. The highest BCUT2D eigenvalue weighted by atomic mass is 16.5. The number of carbonyl (C=O) groups excluding carboxylic acids is 1. The zero-order valence-corrected chi connectivity index (χ0v) is 12.3. The number of nitrogens with zero attached hydrogens (tertiary/aromatic N) is 3. The SMILES string of the molecule is CCOC(=O)C(c1ccccc1C)c1nc(C)nn1C. The molecule has 2 aromatic rings. The number of aryl methyl sites for hydroxylation is 3. The minimum atomic E-state index is -0.539. The van der Waals surface area contributed by atoms with Crippen molar-refractivity contribution in [2.75, 3.05) is 6.61 Å². The van der Waals surface area contributed by atoms with Gasteiger partial charge in [0.25, 0.3) is 0 Å². The van der Waals surface area contributed by atoms with Crippen molar-refractivity contribution < 1.29 is 9.53 Å². The Balaban J connectivity index is 2.53. The monoisotopic (exact) mass is 273 g/mol. The summed E-state index contributed by atoms with van der Waals surface area (Å²) in [5.41, 5.74) is 1.94. The molecule has 0 aliphatic carbocycles. The Labute approximate surface area is 118 Å². The molecule has 1 aromatic heterocycles. The third kappa shape index (κ3) is 2.71. The highest BCUT2D eigenvalue weighted by Crippen LogP contribution is 2.27. The Morgan fingerprint density at radius 2 is 2.05 bits per heavy atom. The molecule has 0 amide bonds. The van der Waals surface area contributed by atoms with E-state index in [-0.39, 0.29) is 5.97 Å². The molecule has 0 saturated carbocycles. The first kappa shape index (κ1) is 14.2. The molecule has 0 radical (unpaired) electrons. The maximum absolute atomic E-state index is 12.4. The van der Waals surface area contributed by atoms with Crippen LogP contribution >= 0.6 is 0 Å². The summed E-state index contributed by atoms with van der Waals surface area (Å²) in [5.74, 6) is 0.417. The van der Waals surface area contributed by atoms with Crippen LogP contribution in [0.15, 0.2) is 24.3 Å². The summed E-state index contributed by atoms with van der Waals surface area (Å²) in [6, 6.07) is 7.77. The number of hydrogen-bond acceptors (Lipinski definition) is 4. The molecule has 2 rings (SSSR count). The second-order valence-electron chi connectivity index (χ2n) is 4.68. The summed E-state index contributed by atoms with van der Waals surface area (Å²) >= 11 is 0. The number of aromatic nitrogens is 3. The van der Waals surface area contributed by atoms with E-state index in [2.05, 4.69) is 10.1 Å². The van der Waals surface area contributed by atoms with Crippen molar-refractivity contribution in [1.82, 2.24) is 14.8 Å². The zero-order valence-electron chi connectivity index (χ0n) is 12.3. The van der Waals surface area contributed by atoms with E-state index in [0.29, 0.717) is 18.3 Å². The van der Waals surface area contributed by atoms with Crippen LogP contribution < -0.4 is 0 Å². The lowest BCUT2D eigenvalue weighted by Gasteiger charge is -2.17. The number of hydrogen-bond donors (Lipinski definition) is 0. The first-order valence-corrected chi connectivity index (χ1v) is 6.64. The molecule has 5 nitrogen and oxygen atoms in total. The van der Waals surface area contributed by atoms with Crippen LogP contribution in [-0.2, 0) is 16.6 Å². The molecule has 0 N–H and O–H groups in total. The molecule has 1 aromatic carbocycles. The summed E-state index contributed by atoms with van der Waals surface area (Å²) in [5, 5.41) is 4.23. The molecule has 0 saturated heterocycles. The number of rotatable bonds is 4. The topological polar surface area (TPSA) is 57.0 Å². The van der Waals surface area contributed by atoms with E-state index in [0.717, 1.165) is 11.1 Å². The fourth-order valence-corrected chi connectivity index (χ4v) is 2.29. The van der Waals surface area contributed by atoms with E-state index in [4.69, 9.17) is 4.74 Å². The van der Waals surface area contributed by atoms with E-state index in [1.807, 2.05) is 38.1 Å². The standard InChI is InChI=1S/C15H19N3O2/c1-5-20-15(19)13(12-9-7-6-8-10(12)2)14-16-11(3)17-18(14)4/h6-9,13H,5H2,1-4H3. The molecule has 0 bridgehead atoms. The summed E-state index contributed by atoms with van der Waals surface area (Å²) in [6.07, 6.45) is 0. The molecule has 1 unspecified atom stereocenters. The van der Waals surface area contributed by atoms with Gasteiger partial charge in [-0.2, -0.15) is 5.10 Å². The van der Waals surface area contributed by atoms with E-state index in [1.165, 1.54) is 0 Å². The summed E-state index contributed by atoms with van der Waals surface area (Å²) in [6.45, 7) is 5.93. The fraction of sp³-hybridized carbons (Fsp3) is 0.400. The van der Waals surface area contributed by atoms with Crippen molar-refractivity contribution >= 4 is 5.97 Å². The van der Waals surface area contributed by atoms with Crippen LogP contribution in [0, 0.1) is 13.8 Å². The van der Waals surface area contributed by atoms with Crippen molar-refractivity contribution in [2.24, 2.45) is 7.05 Å². The van der Waals surface area contributed by atoms with E-state index < -0.39 is 5.92 Å². The van der Waals surface area contributed by atoms with Gasteiger partial charge in [-0.1, -0.05) is 24.3 Å². The average Bonchev–Trinajstić information content (AvgIpc) is 2.72. The predicted molar refractivity (Wildman–Crippen MR) is 75.4 cm³/mol. The largest absolute Gasteiger partial charge is 0.465 e. The second-order valence-corrected chi connectivity index (χ2v) is 4.68. The van der Waals surface area contributed by atoms with Crippen molar-refractivity contribution in [3.05, 3.63) is 47.0 Å². The van der Waals surface area contributed by atoms with Gasteiger partial charge in [-0.05, 0) is 31.9 Å². The molecule has 1 atom stereocenters. The lowest BCUT2D eigenvalue weighted by molar-refractivity contribution is -0.144. The van der Waals surface area contributed by atoms with Gasteiger partial charge in [0.05, 0.1) is 6.61 Å². The minimum absolute atomic E-state index is 0.294. The van der Waals surface area contributed by atoms with Crippen LogP contribution in [0.4, 0.5) is 0 Å². The molecular weight excluding hydrogens is 254 g/mol. The summed E-state index contributed by atoms with van der Waals surface area (Å²) < 4.78 is 6.85. The molecular formula is C15H19N3O2. The van der Waals surface area contributed by atoms with Gasteiger partial charge in [0.2, 0.25) is 0 Å². The molecule has 0 fully saturated rings. The Kier molecular flexibility index (Phi) is 4.17. The molecule has 5 heteroatoms. The van der Waals surface area contributed by atoms with Crippen molar-refractivity contribution in [1.29, 1.82) is 0 Å². The van der Waals surface area contributed by atoms with Gasteiger partial charge in [-0.25, -0.2) is 4.98 Å². The highest BCUT2D eigenvalue weighted by molar-refractivity contribution is 5.81. The van der Waals surface area contributed by atoms with E-state index >= 15 is 0 Å². The molecule has 20 heavy (non-hydrogen) atoms. The number of benzene rings is 1. The van der Waals surface area contributed by atoms with E-state index in [9.17, 15) is 4.79 Å². The lowest BCUT2D eigenvalue weighted by Crippen LogP contribution is -2.21. The molecule has 0 aliphatic heterocycles. The Morgan fingerprint density at radius 1 is 1.35 bits per heavy atom. The molecule has 106 valence electrons. The Morgan fingerprint density at radius 3 is 2.60 bits per heavy atom. The summed E-state index contributed by atoms with van der Waals surface area (Å²) in [7, 11) is 1.79. The van der Waals surface area contributed by atoms with Crippen LogP contribution in [-0.4, -0.2) is 27.3 Å². The van der Waals surface area contributed by atoms with Crippen LogP contribution in [0.5, 0.6) is 0 Å². The lowest BCUT2D eigenvalue weighted by atomic mass is 9.94. The quantitative estimate of drug-likeness (QED) is 0.801. The first-order chi connectivity index (χ1) is 9.54. The Bertz CT molecular complexity index is 619. The van der Waals surface area contributed by atoms with Gasteiger partial charge in [0, 0.05) is 7.05 Å². The fourth-order valence-electron chi connectivity index (χ4n) is 2.29. The van der Waals surface area contributed by atoms with Crippen LogP contribution in [0.2, 0.25) is 0 Å². The average molecular weight is 273 g/mol. The third-order valence-corrected chi connectivity index (χ3v) is 3.18. The van der Waals surface area contributed by atoms with Gasteiger partial charge in [0.15, 0.2) is 0 Å². The van der Waals surface area contributed by atoms with Crippen molar-refractivity contribution in [3.63, 3.8) is 0 Å². The third-order valence-electron chi connectivity index (χ3n) is 3.18. The van der Waals surface area contributed by atoms with Gasteiger partial charge in [-0.3, -0.25) is 9.48 Å². The highest BCUT2D eigenvalue weighted by Gasteiger charge is 2.29. The number of ether oxygens (including phenoxy) is 1. The minimum Gasteiger partial charge on any atom is -0.465 e. The van der Waals surface area contributed by atoms with Crippen LogP contribution in [0.3, 0.4) is 0 Å². The van der Waals surface area contributed by atoms with Crippen LogP contribution in [0.1, 0.15) is 35.6 Å². The molecule has 0 aliphatic rings. The van der Waals surface area contributed by atoms with Gasteiger partial charge in [0.1, 0.15) is 17.6 Å². The Hall–Kier alpha value is -2.17. The van der Waals surface area contributed by atoms with Crippen molar-refractivity contribution in [2.45, 2.75) is 26.7 Å². The number of carbonyl (C=O) groups is 1. The number of esters is 1. The maximum atomic E-state index is 12.4. The smallest absolute Gasteiger partial charge is 0.321 e. The predicted octanol–water partition coefficient (Wildman–Crippen LogP) is 2.13. The zero-order chi connectivity index (χ0) is 14.7. The maximum Gasteiger partial charge on any atom is 0.321 e. The normalized spacial score (nSPS) is 12.2. The molecule has 0 spiro atoms. The first-order valence-electron chi connectivity index (χ1n) is 6.64. The van der Waals surface area contributed by atoms with Gasteiger partial charge >= 0.3 is 5.97 Å². The van der Waals surface area contributed by atoms with E-state index in [1.54, 1.807) is 18.7 Å². The van der Waals surface area contributed by atoms with Gasteiger partial charge < -0.3 is 4.74 Å². The summed E-state index contributed by atoms with van der Waals surface area (Å²) in [4.78, 5) is 16.7. The van der Waals surface area contributed by atoms with Gasteiger partial charge in [-0.15, -0.1) is 0 Å². The van der Waals surface area contributed by atoms with Crippen molar-refractivity contribution in [3.8, 4) is 0 Å². The van der Waals surface area contributed by atoms with Crippen LogP contribution in [0.25, 0.3) is 0 Å². The second kappa shape index (κ2) is 5.86.